The van der Waals surface area contributed by atoms with Gasteiger partial charge in [0.1, 0.15) is 0 Å². The predicted molar refractivity (Wildman–Crippen MR) is 134 cm³/mol. The lowest BCUT2D eigenvalue weighted by Gasteiger charge is -2.18. The van der Waals surface area contributed by atoms with E-state index >= 15 is 0 Å². The average Bonchev–Trinajstić information content (AvgIpc) is 3.13. The number of carbonyl (C=O) groups is 1. The fourth-order valence-electron chi connectivity index (χ4n) is 3.40. The minimum Gasteiger partial charge on any atom is -0.379 e. The van der Waals surface area contributed by atoms with Gasteiger partial charge in [0.05, 0.1) is 27.8 Å². The Labute approximate surface area is 202 Å². The van der Waals surface area contributed by atoms with E-state index in [-0.39, 0.29) is 22.7 Å². The molecule has 0 spiro atoms. The number of thioether (sulfide) groups is 1. The molecule has 0 fully saturated rings. The standard InChI is InChI=1S/C23H38N4O4S2/c1-6-9-14-27-21-12-11-19(33(29,30)26(7-2)8-3)16-20(21)25-23(27)32-17-22(28)24-13-10-15-31-18(4)5/h11-12,16,18H,6-10,13-15,17H2,1-5H3,(H,24,28). The van der Waals surface area contributed by atoms with Gasteiger partial charge in [0.25, 0.3) is 0 Å². The number of ether oxygens (including phenoxy) is 1. The Morgan fingerprint density at radius 2 is 1.94 bits per heavy atom. The second-order valence-corrected chi connectivity index (χ2v) is 10.9. The number of benzene rings is 1. The number of unbranched alkanes of at least 4 members (excludes halogenated alkanes) is 1. The molecule has 0 aliphatic rings. The quantitative estimate of drug-likeness (QED) is 0.296. The van der Waals surface area contributed by atoms with Crippen molar-refractivity contribution >= 4 is 38.7 Å². The van der Waals surface area contributed by atoms with Crippen LogP contribution in [0.3, 0.4) is 0 Å². The zero-order chi connectivity index (χ0) is 24.4. The first kappa shape index (κ1) is 27.6. The van der Waals surface area contributed by atoms with Crippen LogP contribution in [0, 0.1) is 0 Å². The summed E-state index contributed by atoms with van der Waals surface area (Å²) in [7, 11) is -3.56. The summed E-state index contributed by atoms with van der Waals surface area (Å²) < 4.78 is 34.9. The minimum atomic E-state index is -3.56. The number of aromatic nitrogens is 2. The third-order valence-electron chi connectivity index (χ3n) is 5.19. The molecule has 33 heavy (non-hydrogen) atoms. The monoisotopic (exact) mass is 498 g/mol. The molecule has 0 radical (unpaired) electrons. The first-order valence-corrected chi connectivity index (χ1v) is 14.2. The smallest absolute Gasteiger partial charge is 0.243 e. The van der Waals surface area contributed by atoms with Gasteiger partial charge in [0, 0.05) is 32.8 Å². The number of amides is 1. The molecule has 186 valence electrons. The van der Waals surface area contributed by atoms with E-state index in [0.29, 0.717) is 31.8 Å². The fourth-order valence-corrected chi connectivity index (χ4v) is 5.75. The number of imidazole rings is 1. The maximum Gasteiger partial charge on any atom is 0.243 e. The highest BCUT2D eigenvalue weighted by Gasteiger charge is 2.23. The van der Waals surface area contributed by atoms with E-state index in [4.69, 9.17) is 9.72 Å². The number of nitrogens with zero attached hydrogens (tertiary/aromatic N) is 3. The maximum atomic E-state index is 12.9. The predicted octanol–water partition coefficient (Wildman–Crippen LogP) is 3.89. The van der Waals surface area contributed by atoms with Crippen molar-refractivity contribution in [1.29, 1.82) is 0 Å². The lowest BCUT2D eigenvalue weighted by molar-refractivity contribution is -0.118. The number of nitrogens with one attached hydrogen (secondary N) is 1. The number of rotatable bonds is 15. The number of hydrogen-bond donors (Lipinski definition) is 1. The van der Waals surface area contributed by atoms with Crippen molar-refractivity contribution < 1.29 is 17.9 Å². The van der Waals surface area contributed by atoms with Gasteiger partial charge < -0.3 is 14.6 Å². The Morgan fingerprint density at radius 1 is 1.21 bits per heavy atom. The molecule has 0 saturated heterocycles. The van der Waals surface area contributed by atoms with Crippen molar-refractivity contribution in [3.05, 3.63) is 18.2 Å². The van der Waals surface area contributed by atoms with Crippen LogP contribution in [-0.4, -0.2) is 66.3 Å². The third-order valence-corrected chi connectivity index (χ3v) is 8.21. The molecule has 1 amide bonds. The summed E-state index contributed by atoms with van der Waals surface area (Å²) in [6.07, 6.45) is 2.96. The van der Waals surface area contributed by atoms with Crippen molar-refractivity contribution in [2.75, 3.05) is 32.0 Å². The molecule has 1 aromatic carbocycles. The van der Waals surface area contributed by atoms with Gasteiger partial charge in [-0.1, -0.05) is 39.0 Å². The molecule has 8 nitrogen and oxygen atoms in total. The summed E-state index contributed by atoms with van der Waals surface area (Å²) in [5.74, 6) is 0.203. The van der Waals surface area contributed by atoms with Crippen LogP contribution in [0.4, 0.5) is 0 Å². The van der Waals surface area contributed by atoms with Crippen LogP contribution in [0.1, 0.15) is 53.9 Å². The summed E-state index contributed by atoms with van der Waals surface area (Å²) >= 11 is 1.38. The first-order valence-electron chi connectivity index (χ1n) is 11.8. The molecule has 1 aromatic heterocycles. The Hall–Kier alpha value is -1.62. The van der Waals surface area contributed by atoms with Crippen molar-refractivity contribution in [2.24, 2.45) is 0 Å². The summed E-state index contributed by atoms with van der Waals surface area (Å²) in [5, 5.41) is 3.65. The van der Waals surface area contributed by atoms with Gasteiger partial charge in [-0.05, 0) is 44.9 Å². The van der Waals surface area contributed by atoms with Gasteiger partial charge in [-0.3, -0.25) is 4.79 Å². The second kappa shape index (κ2) is 13.3. The summed E-state index contributed by atoms with van der Waals surface area (Å²) in [4.78, 5) is 17.2. The molecule has 0 unspecified atom stereocenters. The Balaban J connectivity index is 2.16. The molecule has 0 atom stereocenters. The SMILES string of the molecule is CCCCn1c(SCC(=O)NCCCOC(C)C)nc2cc(S(=O)(=O)N(CC)CC)ccc21. The van der Waals surface area contributed by atoms with Crippen LogP contribution in [0.2, 0.25) is 0 Å². The zero-order valence-corrected chi connectivity index (χ0v) is 22.1. The number of sulfonamides is 1. The average molecular weight is 499 g/mol. The Kier molecular flexibility index (Phi) is 11.1. The molecule has 10 heteroatoms. The van der Waals surface area contributed by atoms with E-state index in [1.165, 1.54) is 16.1 Å². The molecular weight excluding hydrogens is 460 g/mol. The van der Waals surface area contributed by atoms with E-state index in [1.807, 2.05) is 33.8 Å². The van der Waals surface area contributed by atoms with Gasteiger partial charge in [-0.2, -0.15) is 4.31 Å². The van der Waals surface area contributed by atoms with Crippen LogP contribution >= 0.6 is 11.8 Å². The van der Waals surface area contributed by atoms with Gasteiger partial charge in [-0.15, -0.1) is 0 Å². The van der Waals surface area contributed by atoms with Crippen LogP contribution < -0.4 is 5.32 Å². The lowest BCUT2D eigenvalue weighted by Crippen LogP contribution is -2.30. The highest BCUT2D eigenvalue weighted by Crippen LogP contribution is 2.27. The van der Waals surface area contributed by atoms with Crippen molar-refractivity contribution in [1.82, 2.24) is 19.2 Å². The molecule has 2 rings (SSSR count). The number of carbonyl (C=O) groups excluding carboxylic acids is 1. The van der Waals surface area contributed by atoms with E-state index in [2.05, 4.69) is 16.8 Å². The minimum absolute atomic E-state index is 0.0524. The highest BCUT2D eigenvalue weighted by atomic mass is 32.2. The number of hydrogen-bond acceptors (Lipinski definition) is 6. The van der Waals surface area contributed by atoms with Crippen molar-refractivity contribution in [3.63, 3.8) is 0 Å². The Bertz CT molecular complexity index is 1000. The molecule has 1 N–H and O–H groups in total. The summed E-state index contributed by atoms with van der Waals surface area (Å²) in [5.41, 5.74) is 1.52. The molecule has 0 aliphatic heterocycles. The van der Waals surface area contributed by atoms with Crippen molar-refractivity contribution in [2.45, 2.75) is 76.6 Å². The molecule has 0 bridgehead atoms. The third kappa shape index (κ3) is 7.70. The molecule has 0 aliphatic carbocycles. The highest BCUT2D eigenvalue weighted by molar-refractivity contribution is 7.99. The van der Waals surface area contributed by atoms with E-state index in [1.54, 1.807) is 12.1 Å². The van der Waals surface area contributed by atoms with Crippen LogP contribution in [0.15, 0.2) is 28.3 Å². The fraction of sp³-hybridized carbons (Fsp3) is 0.652. The van der Waals surface area contributed by atoms with Gasteiger partial charge in [-0.25, -0.2) is 13.4 Å². The molecule has 2 aromatic rings. The largest absolute Gasteiger partial charge is 0.379 e. The molecule has 1 heterocycles. The zero-order valence-electron chi connectivity index (χ0n) is 20.5. The maximum absolute atomic E-state index is 12.9. The van der Waals surface area contributed by atoms with E-state index < -0.39 is 10.0 Å². The van der Waals surface area contributed by atoms with Crippen LogP contribution in [-0.2, 0) is 26.1 Å². The number of aryl methyl sites for hydroxylation is 1. The Morgan fingerprint density at radius 3 is 2.58 bits per heavy atom. The van der Waals surface area contributed by atoms with Gasteiger partial charge in [0.2, 0.25) is 15.9 Å². The number of fused-ring (bicyclic) bond motifs is 1. The second-order valence-electron chi connectivity index (χ2n) is 8.05. The normalized spacial score (nSPS) is 12.2. The summed E-state index contributed by atoms with van der Waals surface area (Å²) in [6, 6.07) is 5.12. The van der Waals surface area contributed by atoms with E-state index in [9.17, 15) is 13.2 Å². The molecular formula is C23H38N4O4S2. The van der Waals surface area contributed by atoms with Crippen LogP contribution in [0.25, 0.3) is 11.0 Å². The lowest BCUT2D eigenvalue weighted by atomic mass is 10.3. The summed E-state index contributed by atoms with van der Waals surface area (Å²) in [6.45, 7) is 12.6. The first-order chi connectivity index (χ1) is 15.7. The van der Waals surface area contributed by atoms with E-state index in [0.717, 1.165) is 36.5 Å². The molecule has 0 saturated carbocycles. The van der Waals surface area contributed by atoms with Crippen LogP contribution in [0.5, 0.6) is 0 Å². The van der Waals surface area contributed by atoms with Gasteiger partial charge in [0.15, 0.2) is 5.16 Å². The van der Waals surface area contributed by atoms with Crippen molar-refractivity contribution in [3.8, 4) is 0 Å². The topological polar surface area (TPSA) is 93.5 Å². The van der Waals surface area contributed by atoms with Gasteiger partial charge >= 0.3 is 0 Å².